The van der Waals surface area contributed by atoms with Gasteiger partial charge in [0.1, 0.15) is 17.5 Å². The van der Waals surface area contributed by atoms with E-state index >= 15 is 0 Å². The lowest BCUT2D eigenvalue weighted by Crippen LogP contribution is -2.18. The number of anilines is 2. The van der Waals surface area contributed by atoms with Crippen molar-refractivity contribution >= 4 is 11.6 Å². The summed E-state index contributed by atoms with van der Waals surface area (Å²) in [6, 6.07) is 2.40. The molecule has 19 heavy (non-hydrogen) atoms. The predicted molar refractivity (Wildman–Crippen MR) is 82.8 cm³/mol. The third-order valence-corrected chi connectivity index (χ3v) is 3.09. The first-order valence-electron chi connectivity index (χ1n) is 7.25. The van der Waals surface area contributed by atoms with E-state index < -0.39 is 0 Å². The molecule has 1 heterocycles. The predicted octanol–water partition coefficient (Wildman–Crippen LogP) is 3.88. The molecule has 0 amide bonds. The van der Waals surface area contributed by atoms with Crippen LogP contribution in [0.2, 0.25) is 0 Å². The maximum Gasteiger partial charge on any atom is 0.135 e. The molecule has 1 unspecified atom stereocenters. The Hall–Kier alpha value is -1.32. The summed E-state index contributed by atoms with van der Waals surface area (Å²) in [4.78, 5) is 9.06. The molecule has 0 fully saturated rings. The van der Waals surface area contributed by atoms with Gasteiger partial charge in [-0.1, -0.05) is 27.7 Å². The number of aromatic nitrogens is 2. The second-order valence-electron chi connectivity index (χ2n) is 5.92. The minimum absolute atomic E-state index is 0.333. The van der Waals surface area contributed by atoms with Crippen LogP contribution in [-0.2, 0) is 0 Å². The molecule has 4 nitrogen and oxygen atoms in total. The Kier molecular flexibility index (Phi) is 6.06. The minimum Gasteiger partial charge on any atom is -0.373 e. The van der Waals surface area contributed by atoms with Crippen LogP contribution >= 0.6 is 0 Å². The van der Waals surface area contributed by atoms with Crippen LogP contribution in [0.3, 0.4) is 0 Å². The molecule has 0 aliphatic heterocycles. The van der Waals surface area contributed by atoms with E-state index in [0.29, 0.717) is 12.0 Å². The van der Waals surface area contributed by atoms with Gasteiger partial charge in [-0.05, 0) is 25.7 Å². The van der Waals surface area contributed by atoms with Crippen LogP contribution < -0.4 is 10.6 Å². The molecule has 0 bridgehead atoms. The van der Waals surface area contributed by atoms with Crippen molar-refractivity contribution in [1.82, 2.24) is 9.97 Å². The van der Waals surface area contributed by atoms with Crippen LogP contribution in [-0.4, -0.2) is 23.1 Å². The lowest BCUT2D eigenvalue weighted by atomic mass is 10.0. The summed E-state index contributed by atoms with van der Waals surface area (Å²) in [6.07, 6.45) is 2.39. The topological polar surface area (TPSA) is 49.8 Å². The molecular formula is C15H28N4. The first-order valence-corrected chi connectivity index (χ1v) is 7.25. The van der Waals surface area contributed by atoms with Gasteiger partial charge in [-0.25, -0.2) is 9.97 Å². The van der Waals surface area contributed by atoms with Crippen LogP contribution in [0, 0.1) is 5.92 Å². The number of hydrogen-bond donors (Lipinski definition) is 2. The van der Waals surface area contributed by atoms with Crippen molar-refractivity contribution in [3.8, 4) is 0 Å². The first-order chi connectivity index (χ1) is 8.92. The Balaban J connectivity index is 2.73. The van der Waals surface area contributed by atoms with Crippen LogP contribution in [0.4, 0.5) is 11.6 Å². The molecule has 0 aromatic carbocycles. The zero-order chi connectivity index (χ0) is 14.4. The third kappa shape index (κ3) is 5.45. The first kappa shape index (κ1) is 15.7. The standard InChI is InChI=1S/C15H28N4/c1-10(2)7-8-12(5)17-14-9-13(16-6)18-15(19-14)11(3)4/h9-12H,7-8H2,1-6H3,(H2,16,17,18,19). The molecule has 0 saturated heterocycles. The molecule has 1 aromatic rings. The second-order valence-corrected chi connectivity index (χ2v) is 5.92. The molecule has 0 saturated carbocycles. The molecule has 0 spiro atoms. The van der Waals surface area contributed by atoms with E-state index in [0.717, 1.165) is 29.8 Å². The Morgan fingerprint density at radius 2 is 1.63 bits per heavy atom. The largest absolute Gasteiger partial charge is 0.373 e. The highest BCUT2D eigenvalue weighted by molar-refractivity contribution is 5.47. The van der Waals surface area contributed by atoms with Gasteiger partial charge >= 0.3 is 0 Å². The SMILES string of the molecule is CNc1cc(NC(C)CCC(C)C)nc(C(C)C)n1. The second kappa shape index (κ2) is 7.31. The fourth-order valence-corrected chi connectivity index (χ4v) is 1.83. The molecule has 0 aliphatic carbocycles. The average Bonchev–Trinajstić information content (AvgIpc) is 2.35. The zero-order valence-corrected chi connectivity index (χ0v) is 13.1. The summed E-state index contributed by atoms with van der Waals surface area (Å²) in [5.74, 6) is 3.75. The summed E-state index contributed by atoms with van der Waals surface area (Å²) in [7, 11) is 1.89. The van der Waals surface area contributed by atoms with Crippen molar-refractivity contribution in [2.75, 3.05) is 17.7 Å². The Bertz CT molecular complexity index is 388. The van der Waals surface area contributed by atoms with Gasteiger partial charge in [-0.3, -0.25) is 0 Å². The molecule has 2 N–H and O–H groups in total. The highest BCUT2D eigenvalue weighted by Crippen LogP contribution is 2.18. The monoisotopic (exact) mass is 264 g/mol. The van der Waals surface area contributed by atoms with Crippen LogP contribution in [0.1, 0.15) is 59.2 Å². The normalized spacial score (nSPS) is 12.8. The molecule has 1 rings (SSSR count). The van der Waals surface area contributed by atoms with E-state index in [1.807, 2.05) is 13.1 Å². The summed E-state index contributed by atoms with van der Waals surface area (Å²) in [6.45, 7) is 10.9. The Morgan fingerprint density at radius 3 is 2.16 bits per heavy atom. The average molecular weight is 264 g/mol. The van der Waals surface area contributed by atoms with Crippen LogP contribution in [0.25, 0.3) is 0 Å². The number of nitrogens with zero attached hydrogens (tertiary/aromatic N) is 2. The summed E-state index contributed by atoms with van der Waals surface area (Å²) < 4.78 is 0. The van der Waals surface area contributed by atoms with Crippen molar-refractivity contribution in [1.29, 1.82) is 0 Å². The van der Waals surface area contributed by atoms with Gasteiger partial charge in [0.15, 0.2) is 0 Å². The molecule has 0 radical (unpaired) electrons. The lowest BCUT2D eigenvalue weighted by molar-refractivity contribution is 0.527. The van der Waals surface area contributed by atoms with Gasteiger partial charge in [0, 0.05) is 25.1 Å². The third-order valence-electron chi connectivity index (χ3n) is 3.09. The number of rotatable bonds is 7. The maximum absolute atomic E-state index is 4.59. The summed E-state index contributed by atoms with van der Waals surface area (Å²) in [5.41, 5.74) is 0. The summed E-state index contributed by atoms with van der Waals surface area (Å²) >= 11 is 0. The van der Waals surface area contributed by atoms with Gasteiger partial charge in [0.05, 0.1) is 0 Å². The van der Waals surface area contributed by atoms with Crippen molar-refractivity contribution < 1.29 is 0 Å². The van der Waals surface area contributed by atoms with E-state index in [9.17, 15) is 0 Å². The molecule has 4 heteroatoms. The van der Waals surface area contributed by atoms with Crippen molar-refractivity contribution in [2.24, 2.45) is 5.92 Å². The number of nitrogens with one attached hydrogen (secondary N) is 2. The van der Waals surface area contributed by atoms with E-state index in [4.69, 9.17) is 0 Å². The molecule has 1 aromatic heterocycles. The van der Waals surface area contributed by atoms with Gasteiger partial charge in [0.2, 0.25) is 0 Å². The van der Waals surface area contributed by atoms with Crippen LogP contribution in [0.15, 0.2) is 6.07 Å². The fourth-order valence-electron chi connectivity index (χ4n) is 1.83. The van der Waals surface area contributed by atoms with E-state index in [2.05, 4.69) is 55.2 Å². The van der Waals surface area contributed by atoms with Crippen molar-refractivity contribution in [3.05, 3.63) is 11.9 Å². The van der Waals surface area contributed by atoms with Gasteiger partial charge in [0.25, 0.3) is 0 Å². The van der Waals surface area contributed by atoms with Gasteiger partial charge in [-0.2, -0.15) is 0 Å². The van der Waals surface area contributed by atoms with E-state index in [1.165, 1.54) is 6.42 Å². The van der Waals surface area contributed by atoms with Gasteiger partial charge in [-0.15, -0.1) is 0 Å². The van der Waals surface area contributed by atoms with Crippen molar-refractivity contribution in [2.45, 2.75) is 59.4 Å². The Labute approximate surface area is 117 Å². The molecule has 108 valence electrons. The maximum atomic E-state index is 4.59. The molecule has 0 aliphatic rings. The zero-order valence-electron chi connectivity index (χ0n) is 13.1. The Morgan fingerprint density at radius 1 is 1.00 bits per heavy atom. The summed E-state index contributed by atoms with van der Waals surface area (Å²) in [5, 5.41) is 6.57. The van der Waals surface area contributed by atoms with Crippen LogP contribution in [0.5, 0.6) is 0 Å². The minimum atomic E-state index is 0.333. The quantitative estimate of drug-likeness (QED) is 0.784. The van der Waals surface area contributed by atoms with Gasteiger partial charge < -0.3 is 10.6 Å². The highest BCUT2D eigenvalue weighted by atomic mass is 15.1. The lowest BCUT2D eigenvalue weighted by Gasteiger charge is -2.17. The smallest absolute Gasteiger partial charge is 0.135 e. The molecule has 1 atom stereocenters. The van der Waals surface area contributed by atoms with Crippen molar-refractivity contribution in [3.63, 3.8) is 0 Å². The fraction of sp³-hybridized carbons (Fsp3) is 0.733. The molecular weight excluding hydrogens is 236 g/mol. The van der Waals surface area contributed by atoms with E-state index in [-0.39, 0.29) is 0 Å². The van der Waals surface area contributed by atoms with E-state index in [1.54, 1.807) is 0 Å². The highest BCUT2D eigenvalue weighted by Gasteiger charge is 2.10. The number of hydrogen-bond acceptors (Lipinski definition) is 4.